The van der Waals surface area contributed by atoms with E-state index in [-0.39, 0.29) is 11.6 Å². The fourth-order valence-corrected chi connectivity index (χ4v) is 1.98. The number of pyridine rings is 1. The molecule has 0 aliphatic carbocycles. The van der Waals surface area contributed by atoms with Gasteiger partial charge in [-0.3, -0.25) is 0 Å². The van der Waals surface area contributed by atoms with Crippen LogP contribution >= 0.6 is 22.6 Å². The highest BCUT2D eigenvalue weighted by Gasteiger charge is 2.11. The Labute approximate surface area is 117 Å². The van der Waals surface area contributed by atoms with Gasteiger partial charge in [-0.2, -0.15) is 0 Å². The molecule has 2 rings (SSSR count). The van der Waals surface area contributed by atoms with Gasteiger partial charge in [-0.15, -0.1) is 0 Å². The summed E-state index contributed by atoms with van der Waals surface area (Å²) in [6.07, 6.45) is 0. The Morgan fingerprint density at radius 2 is 1.83 bits per heavy atom. The van der Waals surface area contributed by atoms with E-state index in [9.17, 15) is 8.78 Å². The van der Waals surface area contributed by atoms with Crippen LogP contribution < -0.4 is 10.6 Å². The van der Waals surface area contributed by atoms with E-state index >= 15 is 0 Å². The molecule has 1 heterocycles. The quantitative estimate of drug-likeness (QED) is 0.818. The largest absolute Gasteiger partial charge is 0.371 e. The molecule has 1 aromatic heterocycles. The molecule has 3 nitrogen and oxygen atoms in total. The van der Waals surface area contributed by atoms with Crippen LogP contribution in [0.25, 0.3) is 0 Å². The average Bonchev–Trinajstić information content (AvgIpc) is 2.33. The monoisotopic (exact) mass is 361 g/mol. The second-order valence-electron chi connectivity index (χ2n) is 3.53. The molecule has 0 amide bonds. The molecule has 6 heteroatoms. The van der Waals surface area contributed by atoms with Gasteiger partial charge in [0.25, 0.3) is 0 Å². The third-order valence-electron chi connectivity index (χ3n) is 2.25. The van der Waals surface area contributed by atoms with Crippen molar-refractivity contribution in [1.29, 1.82) is 0 Å². The van der Waals surface area contributed by atoms with Gasteiger partial charge >= 0.3 is 0 Å². The van der Waals surface area contributed by atoms with Crippen LogP contribution in [0.1, 0.15) is 0 Å². The first kappa shape index (κ1) is 13.0. The number of benzene rings is 1. The summed E-state index contributed by atoms with van der Waals surface area (Å²) in [5, 5.41) is 5.38. The van der Waals surface area contributed by atoms with E-state index in [0.717, 1.165) is 9.64 Å². The lowest BCUT2D eigenvalue weighted by molar-refractivity contribution is 0.580. The molecular formula is C12H10F2IN3. The van der Waals surface area contributed by atoms with Crippen molar-refractivity contribution in [2.24, 2.45) is 0 Å². The fraction of sp³-hybridized carbons (Fsp3) is 0.0833. The molecule has 18 heavy (non-hydrogen) atoms. The van der Waals surface area contributed by atoms with Gasteiger partial charge in [0.15, 0.2) is 23.3 Å². The highest BCUT2D eigenvalue weighted by atomic mass is 127. The average molecular weight is 361 g/mol. The van der Waals surface area contributed by atoms with Gasteiger partial charge in [0.1, 0.15) is 0 Å². The van der Waals surface area contributed by atoms with Crippen molar-refractivity contribution in [3.05, 3.63) is 45.5 Å². The molecule has 0 saturated carbocycles. The number of hydrogen-bond acceptors (Lipinski definition) is 3. The van der Waals surface area contributed by atoms with Crippen molar-refractivity contribution in [2.45, 2.75) is 0 Å². The standard InChI is InChI=1S/C12H10F2IN3/c1-16-11-9(13)6-10(14)12(18-11)17-8-4-2-3-7(15)5-8/h2-6H,1H3,(H2,16,17,18). The minimum Gasteiger partial charge on any atom is -0.371 e. The Hall–Kier alpha value is -1.44. The highest BCUT2D eigenvalue weighted by molar-refractivity contribution is 14.1. The van der Waals surface area contributed by atoms with Gasteiger partial charge in [-0.05, 0) is 40.8 Å². The van der Waals surface area contributed by atoms with Crippen LogP contribution in [0.3, 0.4) is 0 Å². The van der Waals surface area contributed by atoms with E-state index in [4.69, 9.17) is 0 Å². The first-order chi connectivity index (χ1) is 8.60. The number of anilines is 3. The van der Waals surface area contributed by atoms with E-state index in [1.807, 2.05) is 18.2 Å². The zero-order valence-corrected chi connectivity index (χ0v) is 11.6. The Morgan fingerprint density at radius 1 is 1.11 bits per heavy atom. The highest BCUT2D eigenvalue weighted by Crippen LogP contribution is 2.23. The predicted octanol–water partition coefficient (Wildman–Crippen LogP) is 3.75. The molecule has 0 saturated heterocycles. The van der Waals surface area contributed by atoms with Crippen LogP contribution in [0.4, 0.5) is 26.1 Å². The number of halogens is 3. The van der Waals surface area contributed by atoms with Crippen molar-refractivity contribution in [3.63, 3.8) is 0 Å². The maximum absolute atomic E-state index is 13.6. The molecule has 0 unspecified atom stereocenters. The summed E-state index contributed by atoms with van der Waals surface area (Å²) in [4.78, 5) is 3.84. The van der Waals surface area contributed by atoms with Gasteiger partial charge < -0.3 is 10.6 Å². The number of rotatable bonds is 3. The van der Waals surface area contributed by atoms with Crippen molar-refractivity contribution < 1.29 is 8.78 Å². The first-order valence-corrected chi connectivity index (χ1v) is 6.24. The summed E-state index contributed by atoms with van der Waals surface area (Å²) in [7, 11) is 1.53. The number of nitrogens with zero attached hydrogens (tertiary/aromatic N) is 1. The van der Waals surface area contributed by atoms with E-state index in [1.165, 1.54) is 7.05 Å². The van der Waals surface area contributed by atoms with Gasteiger partial charge in [-0.25, -0.2) is 13.8 Å². The molecule has 94 valence electrons. The van der Waals surface area contributed by atoms with Crippen LogP contribution in [-0.4, -0.2) is 12.0 Å². The Balaban J connectivity index is 2.34. The second-order valence-corrected chi connectivity index (χ2v) is 4.78. The molecule has 2 aromatic rings. The SMILES string of the molecule is CNc1nc(Nc2cccc(I)c2)c(F)cc1F. The van der Waals surface area contributed by atoms with E-state index in [1.54, 1.807) is 6.07 Å². The minimum atomic E-state index is -0.731. The summed E-state index contributed by atoms with van der Waals surface area (Å²) in [5.74, 6) is -1.46. The van der Waals surface area contributed by atoms with Gasteiger partial charge in [0, 0.05) is 22.4 Å². The molecule has 0 aliphatic heterocycles. The predicted molar refractivity (Wildman–Crippen MR) is 76.1 cm³/mol. The van der Waals surface area contributed by atoms with Gasteiger partial charge in [0.2, 0.25) is 0 Å². The summed E-state index contributed by atoms with van der Waals surface area (Å²) in [6, 6.07) is 8.18. The van der Waals surface area contributed by atoms with Crippen LogP contribution in [0.2, 0.25) is 0 Å². The lowest BCUT2D eigenvalue weighted by Gasteiger charge is -2.09. The molecule has 0 bridgehead atoms. The Bertz CT molecular complexity index is 575. The van der Waals surface area contributed by atoms with Crippen LogP contribution in [0.15, 0.2) is 30.3 Å². The topological polar surface area (TPSA) is 37.0 Å². The molecule has 1 aromatic carbocycles. The van der Waals surface area contributed by atoms with Crippen LogP contribution in [0, 0.1) is 15.2 Å². The Morgan fingerprint density at radius 3 is 2.50 bits per heavy atom. The molecule has 2 N–H and O–H groups in total. The summed E-state index contributed by atoms with van der Waals surface area (Å²) in [6.45, 7) is 0. The van der Waals surface area contributed by atoms with Crippen molar-refractivity contribution >= 4 is 39.9 Å². The lowest BCUT2D eigenvalue weighted by atomic mass is 10.3. The zero-order valence-electron chi connectivity index (χ0n) is 9.47. The number of hydrogen-bond donors (Lipinski definition) is 2. The Kier molecular flexibility index (Phi) is 3.95. The smallest absolute Gasteiger partial charge is 0.169 e. The lowest BCUT2D eigenvalue weighted by Crippen LogP contribution is -2.03. The third kappa shape index (κ3) is 2.87. The third-order valence-corrected chi connectivity index (χ3v) is 2.92. The first-order valence-electron chi connectivity index (χ1n) is 5.16. The maximum atomic E-state index is 13.6. The van der Waals surface area contributed by atoms with Crippen LogP contribution in [-0.2, 0) is 0 Å². The van der Waals surface area contributed by atoms with Crippen molar-refractivity contribution in [2.75, 3.05) is 17.7 Å². The molecular weight excluding hydrogens is 351 g/mol. The molecule has 0 atom stereocenters. The fourth-order valence-electron chi connectivity index (χ4n) is 1.43. The number of aromatic nitrogens is 1. The molecule has 0 fully saturated rings. The molecule has 0 spiro atoms. The molecule has 0 aliphatic rings. The normalized spacial score (nSPS) is 10.2. The minimum absolute atomic E-state index is 0.00419. The number of nitrogens with one attached hydrogen (secondary N) is 2. The van der Waals surface area contributed by atoms with E-state index in [0.29, 0.717) is 5.69 Å². The van der Waals surface area contributed by atoms with Crippen LogP contribution in [0.5, 0.6) is 0 Å². The van der Waals surface area contributed by atoms with Gasteiger partial charge in [-0.1, -0.05) is 6.07 Å². The second kappa shape index (κ2) is 5.47. The summed E-state index contributed by atoms with van der Waals surface area (Å²) < 4.78 is 27.8. The van der Waals surface area contributed by atoms with E-state index < -0.39 is 11.6 Å². The van der Waals surface area contributed by atoms with Crippen molar-refractivity contribution in [1.82, 2.24) is 4.98 Å². The van der Waals surface area contributed by atoms with Gasteiger partial charge in [0.05, 0.1) is 0 Å². The molecule has 0 radical (unpaired) electrons. The zero-order chi connectivity index (χ0) is 13.1. The summed E-state index contributed by atoms with van der Waals surface area (Å²) in [5.41, 5.74) is 0.696. The van der Waals surface area contributed by atoms with Crippen molar-refractivity contribution in [3.8, 4) is 0 Å². The maximum Gasteiger partial charge on any atom is 0.169 e. The summed E-state index contributed by atoms with van der Waals surface area (Å²) >= 11 is 2.15. The van der Waals surface area contributed by atoms with E-state index in [2.05, 4.69) is 38.2 Å².